The van der Waals surface area contributed by atoms with Gasteiger partial charge in [-0.25, -0.2) is 17.8 Å². The van der Waals surface area contributed by atoms with Crippen LogP contribution in [0, 0.1) is 17.1 Å². The van der Waals surface area contributed by atoms with Gasteiger partial charge in [0.1, 0.15) is 11.8 Å². The summed E-state index contributed by atoms with van der Waals surface area (Å²) in [5, 5.41) is 23.2. The van der Waals surface area contributed by atoms with Crippen molar-refractivity contribution >= 4 is 26.5 Å². The van der Waals surface area contributed by atoms with Crippen LogP contribution in [0.1, 0.15) is 25.0 Å². The van der Waals surface area contributed by atoms with Crippen LogP contribution in [0.3, 0.4) is 0 Å². The second kappa shape index (κ2) is 12.1. The lowest BCUT2D eigenvalue weighted by molar-refractivity contribution is 0.281. The zero-order chi connectivity index (χ0) is 23.6. The van der Waals surface area contributed by atoms with Crippen LogP contribution in [0.4, 0.5) is 9.52 Å². The normalized spacial score (nSPS) is 10.6. The number of thiazole rings is 1. The molecule has 170 valence electrons. The summed E-state index contributed by atoms with van der Waals surface area (Å²) in [5.41, 5.74) is 0.290. The van der Waals surface area contributed by atoms with E-state index in [9.17, 15) is 18.1 Å². The van der Waals surface area contributed by atoms with E-state index in [2.05, 4.69) is 28.9 Å². The monoisotopic (exact) mass is 478 g/mol. The molecule has 0 unspecified atom stereocenters. The number of ether oxygens (including phenoxy) is 1. The van der Waals surface area contributed by atoms with E-state index >= 15 is 0 Å². The number of nitriles is 1. The Labute approximate surface area is 190 Å². The van der Waals surface area contributed by atoms with Gasteiger partial charge in [-0.2, -0.15) is 5.26 Å². The van der Waals surface area contributed by atoms with Crippen LogP contribution in [0.2, 0.25) is 0 Å². The Morgan fingerprint density at radius 1 is 1.19 bits per heavy atom. The fourth-order valence-electron chi connectivity index (χ4n) is 2.39. The molecule has 3 N–H and O–H groups in total. The van der Waals surface area contributed by atoms with Crippen LogP contribution in [0.5, 0.6) is 11.5 Å². The number of halogens is 1. The van der Waals surface area contributed by atoms with Gasteiger partial charge in [-0.1, -0.05) is 19.9 Å². The summed E-state index contributed by atoms with van der Waals surface area (Å²) < 4.78 is 46.5. The molecule has 1 aromatic heterocycles. The van der Waals surface area contributed by atoms with Gasteiger partial charge in [-0.05, 0) is 49.0 Å². The van der Waals surface area contributed by atoms with Crippen molar-refractivity contribution in [3.63, 3.8) is 0 Å². The lowest BCUT2D eigenvalue weighted by Gasteiger charge is -2.11. The van der Waals surface area contributed by atoms with E-state index in [-0.39, 0.29) is 33.7 Å². The third-order valence-corrected chi connectivity index (χ3v) is 6.09. The minimum Gasteiger partial charge on any atom is -0.453 e. The number of aliphatic hydroxyl groups is 1. The average Bonchev–Trinajstić information content (AvgIpc) is 3.28. The maximum Gasteiger partial charge on any atom is 0.263 e. The summed E-state index contributed by atoms with van der Waals surface area (Å²) in [6, 6.07) is 9.38. The summed E-state index contributed by atoms with van der Waals surface area (Å²) in [4.78, 5) is 3.69. The van der Waals surface area contributed by atoms with Gasteiger partial charge in [0.15, 0.2) is 16.7 Å². The van der Waals surface area contributed by atoms with Gasteiger partial charge in [-0.15, -0.1) is 11.3 Å². The molecule has 2 aromatic carbocycles. The molecular formula is C21H23FN4O4S2. The van der Waals surface area contributed by atoms with Gasteiger partial charge in [0, 0.05) is 11.6 Å². The van der Waals surface area contributed by atoms with Crippen molar-refractivity contribution in [1.29, 1.82) is 5.26 Å². The van der Waals surface area contributed by atoms with Gasteiger partial charge >= 0.3 is 0 Å². The molecule has 1 heterocycles. The first-order valence-electron chi connectivity index (χ1n) is 9.58. The number of aliphatic hydroxyl groups excluding tert-OH is 1. The number of nitrogens with one attached hydrogen (secondary N) is 2. The van der Waals surface area contributed by atoms with Crippen LogP contribution in [0.25, 0.3) is 0 Å². The Hall–Kier alpha value is -3.04. The molecule has 0 spiro atoms. The molecule has 3 aromatic rings. The molecule has 0 aliphatic rings. The molecule has 0 bridgehead atoms. The topological polar surface area (TPSA) is 124 Å². The third kappa shape index (κ3) is 7.00. The molecule has 0 saturated heterocycles. The molecule has 11 heteroatoms. The molecular weight excluding hydrogens is 455 g/mol. The summed E-state index contributed by atoms with van der Waals surface area (Å²) >= 11 is 1.11. The molecule has 32 heavy (non-hydrogen) atoms. The number of nitrogens with zero attached hydrogens (tertiary/aromatic N) is 2. The van der Waals surface area contributed by atoms with E-state index in [4.69, 9.17) is 9.84 Å². The maximum atomic E-state index is 14.0. The summed E-state index contributed by atoms with van der Waals surface area (Å²) in [7, 11) is -3.93. The second-order valence-corrected chi connectivity index (χ2v) is 8.77. The molecule has 3 rings (SSSR count). The third-order valence-electron chi connectivity index (χ3n) is 3.93. The first-order chi connectivity index (χ1) is 15.3. The lowest BCUT2D eigenvalue weighted by Crippen LogP contribution is -2.13. The smallest absolute Gasteiger partial charge is 0.263 e. The predicted octanol–water partition coefficient (Wildman–Crippen LogP) is 3.86. The molecule has 0 radical (unpaired) electrons. The Kier molecular flexibility index (Phi) is 9.55. The Morgan fingerprint density at radius 2 is 1.91 bits per heavy atom. The van der Waals surface area contributed by atoms with Crippen molar-refractivity contribution in [1.82, 2.24) is 10.3 Å². The van der Waals surface area contributed by atoms with E-state index < -0.39 is 15.8 Å². The first-order valence-corrected chi connectivity index (χ1v) is 11.9. The molecule has 0 fully saturated rings. The quantitative estimate of drug-likeness (QED) is 0.449. The molecule has 0 amide bonds. The number of benzene rings is 2. The SMILES string of the molecule is CCNCC.N#Cc1cc(S(=O)(=O)Nc2nccs2)ccc1Oc1ccc(CO)cc1F. The fraction of sp³-hybridized carbons (Fsp3) is 0.238. The van der Waals surface area contributed by atoms with Crippen molar-refractivity contribution in [2.45, 2.75) is 25.3 Å². The van der Waals surface area contributed by atoms with Gasteiger partial charge in [0.25, 0.3) is 10.0 Å². The average molecular weight is 479 g/mol. The Bertz CT molecular complexity index is 1160. The lowest BCUT2D eigenvalue weighted by atomic mass is 10.2. The van der Waals surface area contributed by atoms with Crippen molar-refractivity contribution < 1.29 is 22.7 Å². The van der Waals surface area contributed by atoms with Gasteiger partial charge < -0.3 is 15.2 Å². The number of anilines is 1. The number of sulfonamides is 1. The van der Waals surface area contributed by atoms with E-state index in [0.29, 0.717) is 5.56 Å². The van der Waals surface area contributed by atoms with Crippen LogP contribution >= 0.6 is 11.3 Å². The predicted molar refractivity (Wildman–Crippen MR) is 121 cm³/mol. The number of hydrogen-bond donors (Lipinski definition) is 3. The van der Waals surface area contributed by atoms with Crippen molar-refractivity contribution in [3.8, 4) is 17.6 Å². The fourth-order valence-corrected chi connectivity index (χ4v) is 4.21. The summed E-state index contributed by atoms with van der Waals surface area (Å²) in [5.74, 6) is -0.867. The van der Waals surface area contributed by atoms with Crippen LogP contribution in [0.15, 0.2) is 52.9 Å². The molecule has 0 aliphatic heterocycles. The number of hydrogen-bond acceptors (Lipinski definition) is 8. The van der Waals surface area contributed by atoms with Crippen LogP contribution in [-0.2, 0) is 16.6 Å². The van der Waals surface area contributed by atoms with Crippen molar-refractivity contribution in [2.75, 3.05) is 17.8 Å². The van der Waals surface area contributed by atoms with E-state index in [1.54, 1.807) is 5.38 Å². The maximum absolute atomic E-state index is 14.0. The van der Waals surface area contributed by atoms with Crippen LogP contribution < -0.4 is 14.8 Å². The molecule has 8 nitrogen and oxygen atoms in total. The summed E-state index contributed by atoms with van der Waals surface area (Å²) in [6.07, 6.45) is 1.46. The minimum absolute atomic E-state index is 0.00125. The molecule has 0 saturated carbocycles. The minimum atomic E-state index is -3.93. The highest BCUT2D eigenvalue weighted by Crippen LogP contribution is 2.30. The first kappa shape index (κ1) is 25.2. The molecule has 0 atom stereocenters. The van der Waals surface area contributed by atoms with Gasteiger partial charge in [0.05, 0.1) is 17.1 Å². The largest absolute Gasteiger partial charge is 0.453 e. The highest BCUT2D eigenvalue weighted by atomic mass is 32.2. The highest BCUT2D eigenvalue weighted by Gasteiger charge is 2.19. The standard InChI is InChI=1S/C17H12FN3O4S2.C4H11N/c18-14-7-11(10-22)1-3-16(14)25-15-4-2-13(8-12(15)9-19)27(23,24)21-17-20-5-6-26-17;1-3-5-4-2/h1-8,22H,10H2,(H,20,21);5H,3-4H2,1-2H3. The van der Waals surface area contributed by atoms with Crippen LogP contribution in [-0.4, -0.2) is 31.6 Å². The molecule has 0 aliphatic carbocycles. The second-order valence-electron chi connectivity index (χ2n) is 6.19. The number of aromatic nitrogens is 1. The number of rotatable bonds is 8. The van der Waals surface area contributed by atoms with Crippen molar-refractivity contribution in [3.05, 3.63) is 64.9 Å². The zero-order valence-electron chi connectivity index (χ0n) is 17.5. The van der Waals surface area contributed by atoms with E-state index in [1.807, 2.05) is 6.07 Å². The van der Waals surface area contributed by atoms with Gasteiger partial charge in [-0.3, -0.25) is 4.72 Å². The zero-order valence-corrected chi connectivity index (χ0v) is 19.1. The van der Waals surface area contributed by atoms with E-state index in [1.165, 1.54) is 30.5 Å². The highest BCUT2D eigenvalue weighted by molar-refractivity contribution is 7.93. The van der Waals surface area contributed by atoms with E-state index in [0.717, 1.165) is 36.6 Å². The van der Waals surface area contributed by atoms with Gasteiger partial charge in [0.2, 0.25) is 0 Å². The Morgan fingerprint density at radius 3 is 2.44 bits per heavy atom. The van der Waals surface area contributed by atoms with Crippen molar-refractivity contribution in [2.24, 2.45) is 0 Å². The summed E-state index contributed by atoms with van der Waals surface area (Å²) in [6.45, 7) is 6.07. The Balaban J connectivity index is 0.000000654.